The first-order valence-electron chi connectivity index (χ1n) is 5.50. The standard InChI is InChI=1S/C13H15N3OS/c1-17-11-3-2-4-12(7-11)18-9-10-5-6-13(16-14)15-8-10/h2-8H,9,14H2,1H3,(H,15,16). The second-order valence-electron chi connectivity index (χ2n) is 3.66. The molecule has 0 aliphatic rings. The van der Waals surface area contributed by atoms with Gasteiger partial charge < -0.3 is 10.2 Å². The van der Waals surface area contributed by atoms with Crippen molar-refractivity contribution < 1.29 is 4.74 Å². The van der Waals surface area contributed by atoms with E-state index in [0.29, 0.717) is 5.82 Å². The zero-order valence-corrected chi connectivity index (χ0v) is 10.9. The van der Waals surface area contributed by atoms with Crippen LogP contribution in [-0.4, -0.2) is 12.1 Å². The molecule has 1 heterocycles. The Morgan fingerprint density at radius 1 is 1.33 bits per heavy atom. The van der Waals surface area contributed by atoms with E-state index in [0.717, 1.165) is 17.1 Å². The number of nitrogens with zero attached hydrogens (tertiary/aromatic N) is 1. The van der Waals surface area contributed by atoms with E-state index >= 15 is 0 Å². The molecule has 3 N–H and O–H groups in total. The monoisotopic (exact) mass is 261 g/mol. The van der Waals surface area contributed by atoms with Gasteiger partial charge in [0.15, 0.2) is 0 Å². The minimum Gasteiger partial charge on any atom is -0.497 e. The Labute approximate surface area is 111 Å². The van der Waals surface area contributed by atoms with Crippen LogP contribution >= 0.6 is 11.8 Å². The van der Waals surface area contributed by atoms with Crippen LogP contribution in [0.1, 0.15) is 5.56 Å². The Morgan fingerprint density at radius 3 is 2.89 bits per heavy atom. The van der Waals surface area contributed by atoms with E-state index in [1.54, 1.807) is 18.9 Å². The summed E-state index contributed by atoms with van der Waals surface area (Å²) in [6.07, 6.45) is 1.82. The number of methoxy groups -OCH3 is 1. The molecule has 0 saturated heterocycles. The third-order valence-corrected chi connectivity index (χ3v) is 3.48. The molecule has 0 bridgehead atoms. The second kappa shape index (κ2) is 6.28. The van der Waals surface area contributed by atoms with Crippen molar-refractivity contribution in [3.05, 3.63) is 48.2 Å². The van der Waals surface area contributed by atoms with Gasteiger partial charge in [0.25, 0.3) is 0 Å². The number of nitrogen functional groups attached to an aromatic ring is 1. The van der Waals surface area contributed by atoms with E-state index in [2.05, 4.69) is 16.5 Å². The van der Waals surface area contributed by atoms with Gasteiger partial charge in [0.1, 0.15) is 11.6 Å². The lowest BCUT2D eigenvalue weighted by Gasteiger charge is -2.05. The number of nitrogens with one attached hydrogen (secondary N) is 1. The number of hydrogen-bond donors (Lipinski definition) is 2. The van der Waals surface area contributed by atoms with Crippen LogP contribution < -0.4 is 16.0 Å². The van der Waals surface area contributed by atoms with Gasteiger partial charge in [-0.1, -0.05) is 12.1 Å². The number of rotatable bonds is 5. The maximum atomic E-state index is 5.27. The van der Waals surface area contributed by atoms with Crippen molar-refractivity contribution in [3.63, 3.8) is 0 Å². The lowest BCUT2D eigenvalue weighted by Crippen LogP contribution is -2.08. The van der Waals surface area contributed by atoms with Gasteiger partial charge in [-0.25, -0.2) is 10.8 Å². The zero-order chi connectivity index (χ0) is 12.8. The molecule has 1 aromatic heterocycles. The van der Waals surface area contributed by atoms with Crippen LogP contribution in [0.2, 0.25) is 0 Å². The van der Waals surface area contributed by atoms with Gasteiger partial charge in [-0.15, -0.1) is 11.8 Å². The molecule has 1 aromatic carbocycles. The zero-order valence-electron chi connectivity index (χ0n) is 10.1. The Balaban J connectivity index is 1.97. The third-order valence-electron chi connectivity index (χ3n) is 2.42. The topological polar surface area (TPSA) is 60.2 Å². The van der Waals surface area contributed by atoms with Crippen LogP contribution in [0.5, 0.6) is 5.75 Å². The first-order chi connectivity index (χ1) is 8.81. The molecule has 5 heteroatoms. The van der Waals surface area contributed by atoms with Gasteiger partial charge in [-0.05, 0) is 29.8 Å². The Bertz CT molecular complexity index is 502. The molecule has 0 fully saturated rings. The van der Waals surface area contributed by atoms with Crippen molar-refractivity contribution in [1.29, 1.82) is 0 Å². The highest BCUT2D eigenvalue weighted by Gasteiger charge is 1.99. The molecule has 0 radical (unpaired) electrons. The number of hydrogen-bond acceptors (Lipinski definition) is 5. The molecule has 2 rings (SSSR count). The number of anilines is 1. The number of thioether (sulfide) groups is 1. The van der Waals surface area contributed by atoms with E-state index in [9.17, 15) is 0 Å². The Morgan fingerprint density at radius 2 is 2.22 bits per heavy atom. The average Bonchev–Trinajstić information content (AvgIpc) is 2.46. The van der Waals surface area contributed by atoms with Crippen molar-refractivity contribution in [2.45, 2.75) is 10.6 Å². The van der Waals surface area contributed by atoms with Crippen LogP contribution in [0.15, 0.2) is 47.5 Å². The van der Waals surface area contributed by atoms with Gasteiger partial charge in [-0.2, -0.15) is 0 Å². The fraction of sp³-hybridized carbons (Fsp3) is 0.154. The number of ether oxygens (including phenoxy) is 1. The summed E-state index contributed by atoms with van der Waals surface area (Å²) in [4.78, 5) is 5.35. The molecular formula is C13H15N3OS. The third kappa shape index (κ3) is 3.38. The number of nitrogens with two attached hydrogens (primary N) is 1. The van der Waals surface area contributed by atoms with Gasteiger partial charge in [0.2, 0.25) is 0 Å². The molecule has 0 unspecified atom stereocenters. The average molecular weight is 261 g/mol. The minimum absolute atomic E-state index is 0.671. The molecule has 0 aliphatic carbocycles. The summed E-state index contributed by atoms with van der Waals surface area (Å²) < 4.78 is 5.19. The van der Waals surface area contributed by atoms with Crippen LogP contribution in [0, 0.1) is 0 Å². The maximum Gasteiger partial charge on any atom is 0.139 e. The molecule has 2 aromatic rings. The smallest absolute Gasteiger partial charge is 0.139 e. The van der Waals surface area contributed by atoms with E-state index in [1.807, 2.05) is 36.5 Å². The van der Waals surface area contributed by atoms with Crippen LogP contribution in [0.25, 0.3) is 0 Å². The summed E-state index contributed by atoms with van der Waals surface area (Å²) in [6.45, 7) is 0. The summed E-state index contributed by atoms with van der Waals surface area (Å²) in [5, 5.41) is 0. The number of benzene rings is 1. The molecule has 0 aliphatic heterocycles. The minimum atomic E-state index is 0.671. The highest BCUT2D eigenvalue weighted by molar-refractivity contribution is 7.98. The number of pyridine rings is 1. The van der Waals surface area contributed by atoms with E-state index in [-0.39, 0.29) is 0 Å². The fourth-order valence-corrected chi connectivity index (χ4v) is 2.33. The SMILES string of the molecule is COc1cccc(SCc2ccc(NN)nc2)c1. The predicted molar refractivity (Wildman–Crippen MR) is 74.6 cm³/mol. The van der Waals surface area contributed by atoms with Crippen molar-refractivity contribution in [3.8, 4) is 5.75 Å². The molecule has 18 heavy (non-hydrogen) atoms. The van der Waals surface area contributed by atoms with Crippen molar-refractivity contribution in [2.75, 3.05) is 12.5 Å². The summed E-state index contributed by atoms with van der Waals surface area (Å²) in [5.41, 5.74) is 3.66. The van der Waals surface area contributed by atoms with E-state index in [1.165, 1.54) is 4.90 Å². The predicted octanol–water partition coefficient (Wildman–Crippen LogP) is 2.67. The lowest BCUT2D eigenvalue weighted by atomic mass is 10.3. The largest absolute Gasteiger partial charge is 0.497 e. The highest BCUT2D eigenvalue weighted by Crippen LogP contribution is 2.25. The summed E-state index contributed by atoms with van der Waals surface area (Å²) in [6, 6.07) is 11.9. The van der Waals surface area contributed by atoms with Crippen LogP contribution in [-0.2, 0) is 5.75 Å². The Hall–Kier alpha value is -1.72. The highest BCUT2D eigenvalue weighted by atomic mass is 32.2. The van der Waals surface area contributed by atoms with Crippen molar-refractivity contribution >= 4 is 17.6 Å². The molecule has 0 spiro atoms. The lowest BCUT2D eigenvalue weighted by molar-refractivity contribution is 0.413. The molecule has 0 saturated carbocycles. The first kappa shape index (κ1) is 12.7. The van der Waals surface area contributed by atoms with Gasteiger partial charge in [-0.3, -0.25) is 0 Å². The van der Waals surface area contributed by atoms with Gasteiger partial charge >= 0.3 is 0 Å². The van der Waals surface area contributed by atoms with Crippen LogP contribution in [0.3, 0.4) is 0 Å². The van der Waals surface area contributed by atoms with Crippen molar-refractivity contribution in [2.24, 2.45) is 5.84 Å². The van der Waals surface area contributed by atoms with Gasteiger partial charge in [0.05, 0.1) is 7.11 Å². The first-order valence-corrected chi connectivity index (χ1v) is 6.49. The number of hydrazine groups is 1. The normalized spacial score (nSPS) is 10.1. The summed E-state index contributed by atoms with van der Waals surface area (Å²) in [7, 11) is 1.67. The maximum absolute atomic E-state index is 5.27. The molecular weight excluding hydrogens is 246 g/mol. The fourth-order valence-electron chi connectivity index (χ4n) is 1.45. The molecule has 0 amide bonds. The van der Waals surface area contributed by atoms with Crippen molar-refractivity contribution in [1.82, 2.24) is 4.98 Å². The van der Waals surface area contributed by atoms with E-state index < -0.39 is 0 Å². The second-order valence-corrected chi connectivity index (χ2v) is 4.71. The number of aromatic nitrogens is 1. The Kier molecular flexibility index (Phi) is 4.44. The summed E-state index contributed by atoms with van der Waals surface area (Å²) in [5.74, 6) is 7.68. The van der Waals surface area contributed by atoms with Crippen LogP contribution in [0.4, 0.5) is 5.82 Å². The quantitative estimate of drug-likeness (QED) is 0.492. The molecule has 94 valence electrons. The summed E-state index contributed by atoms with van der Waals surface area (Å²) >= 11 is 1.74. The van der Waals surface area contributed by atoms with E-state index in [4.69, 9.17) is 10.6 Å². The molecule has 0 atom stereocenters. The molecule has 4 nitrogen and oxygen atoms in total. The van der Waals surface area contributed by atoms with Gasteiger partial charge in [0, 0.05) is 16.8 Å².